The van der Waals surface area contributed by atoms with Crippen molar-refractivity contribution in [2.75, 3.05) is 10.6 Å². The van der Waals surface area contributed by atoms with E-state index in [2.05, 4.69) is 33.1 Å². The second-order valence-electron chi connectivity index (χ2n) is 7.42. The van der Waals surface area contributed by atoms with E-state index in [1.807, 2.05) is 50.2 Å². The molecule has 7 nitrogen and oxygen atoms in total. The fourth-order valence-corrected chi connectivity index (χ4v) is 3.88. The van der Waals surface area contributed by atoms with Crippen molar-refractivity contribution in [2.24, 2.45) is 5.92 Å². The van der Waals surface area contributed by atoms with Crippen LogP contribution >= 0.6 is 22.9 Å². The van der Waals surface area contributed by atoms with Crippen molar-refractivity contribution in [3.8, 4) is 10.6 Å². The quantitative estimate of drug-likeness (QED) is 0.398. The van der Waals surface area contributed by atoms with Crippen molar-refractivity contribution in [3.05, 3.63) is 59.1 Å². The average Bonchev–Trinajstić information content (AvgIpc) is 3.26. The van der Waals surface area contributed by atoms with Crippen molar-refractivity contribution in [1.29, 1.82) is 0 Å². The van der Waals surface area contributed by atoms with E-state index < -0.39 is 12.1 Å². The molecule has 0 saturated carbocycles. The number of amides is 3. The number of carbonyl (C=O) groups is 2. The first-order chi connectivity index (χ1) is 15.4. The second kappa shape index (κ2) is 11.1. The molecule has 3 amide bonds. The predicted molar refractivity (Wildman–Crippen MR) is 130 cm³/mol. The lowest BCUT2D eigenvalue weighted by Crippen LogP contribution is -2.49. The Bertz CT molecular complexity index is 1050. The highest BCUT2D eigenvalue weighted by Crippen LogP contribution is 2.27. The first-order valence-corrected chi connectivity index (χ1v) is 11.7. The van der Waals surface area contributed by atoms with Crippen LogP contribution in [0.4, 0.5) is 15.6 Å². The molecule has 0 fully saturated rings. The number of nitrogens with zero attached hydrogens (tertiary/aromatic N) is 2. The minimum absolute atomic E-state index is 0.0770. The number of carbonyl (C=O) groups excluding carboxylic acids is 2. The molecule has 0 spiro atoms. The van der Waals surface area contributed by atoms with Gasteiger partial charge < -0.3 is 10.6 Å². The minimum Gasteiger partial charge on any atom is -0.326 e. The lowest BCUT2D eigenvalue weighted by molar-refractivity contribution is -0.119. The molecule has 2 atom stereocenters. The molecule has 0 aliphatic heterocycles. The highest BCUT2D eigenvalue weighted by molar-refractivity contribution is 7.18. The molecule has 0 unspecified atom stereocenters. The van der Waals surface area contributed by atoms with E-state index in [0.717, 1.165) is 18.4 Å². The summed E-state index contributed by atoms with van der Waals surface area (Å²) in [5, 5.41) is 18.2. The predicted octanol–water partition coefficient (Wildman–Crippen LogP) is 5.60. The van der Waals surface area contributed by atoms with Gasteiger partial charge in [0.1, 0.15) is 11.0 Å². The van der Waals surface area contributed by atoms with Gasteiger partial charge in [0, 0.05) is 16.3 Å². The number of rotatable bonds is 8. The zero-order chi connectivity index (χ0) is 23.1. The Morgan fingerprint density at radius 2 is 1.69 bits per heavy atom. The summed E-state index contributed by atoms with van der Waals surface area (Å²) >= 11 is 7.18. The number of aromatic nitrogens is 2. The molecule has 2 aromatic carbocycles. The average molecular weight is 472 g/mol. The normalized spacial score (nSPS) is 12.6. The van der Waals surface area contributed by atoms with E-state index in [0.29, 0.717) is 20.8 Å². The van der Waals surface area contributed by atoms with E-state index in [9.17, 15) is 9.59 Å². The van der Waals surface area contributed by atoms with Gasteiger partial charge in [-0.05, 0) is 42.2 Å². The summed E-state index contributed by atoms with van der Waals surface area (Å²) in [4.78, 5) is 25.5. The van der Waals surface area contributed by atoms with Crippen molar-refractivity contribution in [1.82, 2.24) is 15.5 Å². The Hall–Kier alpha value is -2.97. The largest absolute Gasteiger partial charge is 0.326 e. The molecule has 0 radical (unpaired) electrons. The highest BCUT2D eigenvalue weighted by atomic mass is 35.5. The SMILES string of the molecule is CCc1ccc(NC(=O)N[C@H](C(=O)Nc2nnc(-c3ccc(Cl)cc3)s2)[C@@H](C)CC)cc1. The van der Waals surface area contributed by atoms with Crippen LogP contribution in [-0.4, -0.2) is 28.2 Å². The number of aryl methyl sites for hydroxylation is 1. The van der Waals surface area contributed by atoms with Crippen LogP contribution in [0.5, 0.6) is 0 Å². The summed E-state index contributed by atoms with van der Waals surface area (Å²) in [6.07, 6.45) is 1.64. The van der Waals surface area contributed by atoms with E-state index in [-0.39, 0.29) is 11.8 Å². The first kappa shape index (κ1) is 23.7. The minimum atomic E-state index is -0.724. The number of benzene rings is 2. The Kier molecular flexibility index (Phi) is 8.19. The number of hydrogen-bond donors (Lipinski definition) is 3. The molecule has 32 heavy (non-hydrogen) atoms. The van der Waals surface area contributed by atoms with Gasteiger partial charge in [0.05, 0.1) is 0 Å². The van der Waals surface area contributed by atoms with Gasteiger partial charge in [-0.3, -0.25) is 10.1 Å². The van der Waals surface area contributed by atoms with Crippen molar-refractivity contribution in [3.63, 3.8) is 0 Å². The molecule has 9 heteroatoms. The lowest BCUT2D eigenvalue weighted by atomic mass is 9.98. The lowest BCUT2D eigenvalue weighted by Gasteiger charge is -2.23. The van der Waals surface area contributed by atoms with Crippen molar-refractivity contribution < 1.29 is 9.59 Å². The van der Waals surface area contributed by atoms with Crippen molar-refractivity contribution >= 4 is 45.7 Å². The first-order valence-electron chi connectivity index (χ1n) is 10.5. The van der Waals surface area contributed by atoms with Gasteiger partial charge in [-0.25, -0.2) is 4.79 Å². The fraction of sp³-hybridized carbons (Fsp3) is 0.304. The van der Waals surface area contributed by atoms with Crippen LogP contribution in [0.1, 0.15) is 32.8 Å². The summed E-state index contributed by atoms with van der Waals surface area (Å²) in [5.41, 5.74) is 2.71. The van der Waals surface area contributed by atoms with Crippen LogP contribution in [0.15, 0.2) is 48.5 Å². The zero-order valence-corrected chi connectivity index (χ0v) is 19.8. The van der Waals surface area contributed by atoms with Crippen molar-refractivity contribution in [2.45, 2.75) is 39.7 Å². The standard InChI is InChI=1S/C23H26ClN5O2S/c1-4-14(3)19(26-22(31)25-18-12-6-15(5-2)7-13-18)20(30)27-23-29-28-21(32-23)16-8-10-17(24)11-9-16/h6-14,19H,4-5H2,1-3H3,(H2,25,26,31)(H,27,29,30)/t14-,19-/m0/s1. The van der Waals surface area contributed by atoms with Crippen LogP contribution in [0.25, 0.3) is 10.6 Å². The van der Waals surface area contributed by atoms with Gasteiger partial charge in [0.25, 0.3) is 0 Å². The summed E-state index contributed by atoms with van der Waals surface area (Å²) in [7, 11) is 0. The second-order valence-corrected chi connectivity index (χ2v) is 8.83. The molecule has 0 aliphatic carbocycles. The van der Waals surface area contributed by atoms with Gasteiger partial charge in [-0.2, -0.15) is 0 Å². The Morgan fingerprint density at radius 3 is 2.31 bits per heavy atom. The van der Waals surface area contributed by atoms with Gasteiger partial charge in [-0.1, -0.05) is 74.4 Å². The Morgan fingerprint density at radius 1 is 1.00 bits per heavy atom. The van der Waals surface area contributed by atoms with E-state index in [1.54, 1.807) is 12.1 Å². The third kappa shape index (κ3) is 6.27. The molecule has 3 N–H and O–H groups in total. The number of hydrogen-bond acceptors (Lipinski definition) is 5. The maximum absolute atomic E-state index is 12.9. The zero-order valence-electron chi connectivity index (χ0n) is 18.2. The Balaban J connectivity index is 1.65. The molecule has 0 saturated heterocycles. The molecule has 1 heterocycles. The summed E-state index contributed by atoms with van der Waals surface area (Å²) in [5.74, 6) is -0.415. The fourth-order valence-electron chi connectivity index (χ4n) is 3.00. The third-order valence-corrected chi connectivity index (χ3v) is 6.29. The van der Waals surface area contributed by atoms with Gasteiger partial charge in [0.2, 0.25) is 11.0 Å². The molecule has 3 aromatic rings. The smallest absolute Gasteiger partial charge is 0.319 e. The maximum Gasteiger partial charge on any atom is 0.319 e. The van der Waals surface area contributed by atoms with Crippen LogP contribution < -0.4 is 16.0 Å². The van der Waals surface area contributed by atoms with Gasteiger partial charge in [-0.15, -0.1) is 10.2 Å². The molecular formula is C23H26ClN5O2S. The van der Waals surface area contributed by atoms with Gasteiger partial charge in [0.15, 0.2) is 0 Å². The molecule has 1 aromatic heterocycles. The molecule has 0 bridgehead atoms. The maximum atomic E-state index is 12.9. The molecule has 3 rings (SSSR count). The van der Waals surface area contributed by atoms with Crippen LogP contribution in [0, 0.1) is 5.92 Å². The third-order valence-electron chi connectivity index (χ3n) is 5.15. The number of halogens is 1. The highest BCUT2D eigenvalue weighted by Gasteiger charge is 2.27. The number of nitrogens with one attached hydrogen (secondary N) is 3. The molecular weight excluding hydrogens is 446 g/mol. The summed E-state index contributed by atoms with van der Waals surface area (Å²) < 4.78 is 0. The van der Waals surface area contributed by atoms with Gasteiger partial charge >= 0.3 is 6.03 Å². The van der Waals surface area contributed by atoms with Crippen LogP contribution in [-0.2, 0) is 11.2 Å². The van der Waals surface area contributed by atoms with Crippen LogP contribution in [0.3, 0.4) is 0 Å². The summed E-state index contributed by atoms with van der Waals surface area (Å²) in [6.45, 7) is 5.96. The van der Waals surface area contributed by atoms with E-state index in [4.69, 9.17) is 11.6 Å². The number of urea groups is 1. The van der Waals surface area contributed by atoms with E-state index >= 15 is 0 Å². The topological polar surface area (TPSA) is 96.0 Å². The molecule has 0 aliphatic rings. The number of anilines is 2. The van der Waals surface area contributed by atoms with Crippen LogP contribution in [0.2, 0.25) is 5.02 Å². The summed E-state index contributed by atoms with van der Waals surface area (Å²) in [6, 6.07) is 13.7. The Labute approximate surface area is 196 Å². The monoisotopic (exact) mass is 471 g/mol. The van der Waals surface area contributed by atoms with E-state index in [1.165, 1.54) is 16.9 Å². The molecule has 168 valence electrons.